The van der Waals surface area contributed by atoms with Crippen LogP contribution < -0.4 is 5.01 Å². The smallest absolute Gasteiger partial charge is 0.247 e. The van der Waals surface area contributed by atoms with Crippen molar-refractivity contribution in [2.75, 3.05) is 5.01 Å². The van der Waals surface area contributed by atoms with Gasteiger partial charge in [0.2, 0.25) is 5.91 Å². The molecule has 3 nitrogen and oxygen atoms in total. The molecule has 1 amide bonds. The molecule has 28 heavy (non-hydrogen) atoms. The van der Waals surface area contributed by atoms with E-state index in [9.17, 15) is 4.79 Å². The summed E-state index contributed by atoms with van der Waals surface area (Å²) >= 11 is 3.55. The predicted molar refractivity (Wildman–Crippen MR) is 120 cm³/mol. The standard InChI is InChI=1S/C24H23BrN2O/c1-3-24(28)27(23-12-8-7-11-21(23)25)26-22(17-19-9-5-4-6-10-19)20-15-13-18(2)14-16-20/h4-16H,3,17H2,1-2H3/b26-22+. The van der Waals surface area contributed by atoms with E-state index in [0.29, 0.717) is 12.8 Å². The number of carbonyl (C=O) groups excluding carboxylic acids is 1. The summed E-state index contributed by atoms with van der Waals surface area (Å²) in [4.78, 5) is 12.7. The normalized spacial score (nSPS) is 11.3. The number of benzene rings is 3. The summed E-state index contributed by atoms with van der Waals surface area (Å²) in [6, 6.07) is 26.1. The van der Waals surface area contributed by atoms with Crippen LogP contribution in [0.4, 0.5) is 5.69 Å². The average Bonchev–Trinajstić information content (AvgIpc) is 2.72. The Morgan fingerprint density at radius 3 is 2.21 bits per heavy atom. The summed E-state index contributed by atoms with van der Waals surface area (Å²) in [7, 11) is 0. The number of para-hydroxylation sites is 1. The molecule has 0 aromatic heterocycles. The van der Waals surface area contributed by atoms with Gasteiger partial charge in [-0.15, -0.1) is 0 Å². The van der Waals surface area contributed by atoms with Crippen molar-refractivity contribution in [3.8, 4) is 0 Å². The summed E-state index contributed by atoms with van der Waals surface area (Å²) < 4.78 is 0.837. The molecule has 142 valence electrons. The second-order valence-electron chi connectivity index (χ2n) is 6.59. The molecule has 0 aliphatic carbocycles. The molecule has 0 heterocycles. The number of hydrogen-bond acceptors (Lipinski definition) is 2. The minimum atomic E-state index is -0.0513. The Morgan fingerprint density at radius 1 is 0.929 bits per heavy atom. The third kappa shape index (κ3) is 4.96. The number of nitrogens with zero attached hydrogens (tertiary/aromatic N) is 2. The van der Waals surface area contributed by atoms with Crippen LogP contribution in [0.1, 0.15) is 30.0 Å². The zero-order valence-electron chi connectivity index (χ0n) is 16.1. The highest BCUT2D eigenvalue weighted by Crippen LogP contribution is 2.27. The van der Waals surface area contributed by atoms with E-state index in [0.717, 1.165) is 27.0 Å². The maximum atomic E-state index is 12.7. The fourth-order valence-electron chi connectivity index (χ4n) is 2.87. The van der Waals surface area contributed by atoms with Gasteiger partial charge in [-0.2, -0.15) is 10.1 Å². The molecule has 0 aliphatic heterocycles. The SMILES string of the molecule is CCC(=O)N(/N=C(\Cc1ccccc1)c1ccc(C)cc1)c1ccccc1Br. The van der Waals surface area contributed by atoms with Gasteiger partial charge in [-0.1, -0.05) is 79.2 Å². The van der Waals surface area contributed by atoms with Crippen LogP contribution in [0.3, 0.4) is 0 Å². The van der Waals surface area contributed by atoms with Crippen LogP contribution in [0.5, 0.6) is 0 Å². The largest absolute Gasteiger partial charge is 0.273 e. The van der Waals surface area contributed by atoms with Gasteiger partial charge in [-0.3, -0.25) is 4.79 Å². The zero-order valence-corrected chi connectivity index (χ0v) is 17.7. The molecule has 0 aliphatic rings. The van der Waals surface area contributed by atoms with Gasteiger partial charge in [0.15, 0.2) is 0 Å². The van der Waals surface area contributed by atoms with Gasteiger partial charge >= 0.3 is 0 Å². The Morgan fingerprint density at radius 2 is 1.57 bits per heavy atom. The molecule has 4 heteroatoms. The van der Waals surface area contributed by atoms with E-state index < -0.39 is 0 Å². The number of carbonyl (C=O) groups is 1. The monoisotopic (exact) mass is 434 g/mol. The van der Waals surface area contributed by atoms with E-state index in [-0.39, 0.29) is 5.91 Å². The molecule has 0 saturated carbocycles. The lowest BCUT2D eigenvalue weighted by Crippen LogP contribution is -2.27. The maximum absolute atomic E-state index is 12.7. The fourth-order valence-corrected chi connectivity index (χ4v) is 3.32. The second-order valence-corrected chi connectivity index (χ2v) is 7.44. The zero-order chi connectivity index (χ0) is 19.9. The molecule has 0 spiro atoms. The molecule has 3 aromatic carbocycles. The minimum Gasteiger partial charge on any atom is -0.273 e. The lowest BCUT2D eigenvalue weighted by atomic mass is 10.0. The molecular formula is C24H23BrN2O. The Hall–Kier alpha value is -2.72. The summed E-state index contributed by atoms with van der Waals surface area (Å²) in [5.41, 5.74) is 4.94. The number of hydrazone groups is 1. The van der Waals surface area contributed by atoms with Gasteiger partial charge in [-0.25, -0.2) is 0 Å². The fraction of sp³-hybridized carbons (Fsp3) is 0.167. The van der Waals surface area contributed by atoms with Gasteiger partial charge in [0.25, 0.3) is 0 Å². The van der Waals surface area contributed by atoms with Crippen LogP contribution >= 0.6 is 15.9 Å². The highest BCUT2D eigenvalue weighted by molar-refractivity contribution is 9.10. The highest BCUT2D eigenvalue weighted by atomic mass is 79.9. The van der Waals surface area contributed by atoms with E-state index >= 15 is 0 Å². The predicted octanol–water partition coefficient (Wildman–Crippen LogP) is 6.15. The summed E-state index contributed by atoms with van der Waals surface area (Å²) in [6.07, 6.45) is 1.01. The van der Waals surface area contributed by atoms with Crippen molar-refractivity contribution in [3.63, 3.8) is 0 Å². The Kier molecular flexibility index (Phi) is 6.77. The summed E-state index contributed by atoms with van der Waals surface area (Å²) in [5, 5.41) is 6.36. The van der Waals surface area contributed by atoms with Crippen LogP contribution in [-0.4, -0.2) is 11.6 Å². The third-order valence-electron chi connectivity index (χ3n) is 4.44. The first-order valence-electron chi connectivity index (χ1n) is 9.34. The van der Waals surface area contributed by atoms with Crippen molar-refractivity contribution in [2.24, 2.45) is 5.10 Å². The lowest BCUT2D eigenvalue weighted by molar-refractivity contribution is -0.118. The van der Waals surface area contributed by atoms with Crippen molar-refractivity contribution in [1.29, 1.82) is 0 Å². The average molecular weight is 435 g/mol. The van der Waals surface area contributed by atoms with Crippen molar-refractivity contribution in [2.45, 2.75) is 26.7 Å². The van der Waals surface area contributed by atoms with Crippen LogP contribution in [0, 0.1) is 6.92 Å². The van der Waals surface area contributed by atoms with Gasteiger partial charge in [0, 0.05) is 17.3 Å². The highest BCUT2D eigenvalue weighted by Gasteiger charge is 2.18. The summed E-state index contributed by atoms with van der Waals surface area (Å²) in [5.74, 6) is -0.0513. The van der Waals surface area contributed by atoms with E-state index in [4.69, 9.17) is 5.10 Å². The van der Waals surface area contributed by atoms with Gasteiger partial charge in [0.1, 0.15) is 0 Å². The van der Waals surface area contributed by atoms with Crippen molar-refractivity contribution in [3.05, 3.63) is 100 Å². The van der Waals surface area contributed by atoms with E-state index in [1.165, 1.54) is 10.6 Å². The molecule has 0 radical (unpaired) electrons. The quantitative estimate of drug-likeness (QED) is 0.338. The van der Waals surface area contributed by atoms with Crippen LogP contribution in [0.2, 0.25) is 0 Å². The molecule has 0 fully saturated rings. The molecule has 0 bridgehead atoms. The number of rotatable bonds is 6. The number of halogens is 1. The number of anilines is 1. The number of amides is 1. The topological polar surface area (TPSA) is 32.7 Å². The Bertz CT molecular complexity index is 965. The third-order valence-corrected chi connectivity index (χ3v) is 5.11. The number of aryl methyl sites for hydroxylation is 1. The number of hydrogen-bond donors (Lipinski definition) is 0. The first-order valence-corrected chi connectivity index (χ1v) is 10.1. The second kappa shape index (κ2) is 9.47. The molecule has 0 N–H and O–H groups in total. The van der Waals surface area contributed by atoms with Crippen LogP contribution in [0.15, 0.2) is 88.4 Å². The first kappa shape index (κ1) is 20.0. The first-order chi connectivity index (χ1) is 13.6. The van der Waals surface area contributed by atoms with Gasteiger partial charge in [0.05, 0.1) is 11.4 Å². The van der Waals surface area contributed by atoms with Crippen LogP contribution in [0.25, 0.3) is 0 Å². The molecular weight excluding hydrogens is 412 g/mol. The molecule has 0 atom stereocenters. The summed E-state index contributed by atoms with van der Waals surface area (Å²) in [6.45, 7) is 3.91. The van der Waals surface area contributed by atoms with E-state index in [1.54, 1.807) is 0 Å². The van der Waals surface area contributed by atoms with Crippen molar-refractivity contribution >= 4 is 33.2 Å². The maximum Gasteiger partial charge on any atom is 0.247 e. The van der Waals surface area contributed by atoms with E-state index in [2.05, 4.69) is 59.3 Å². The molecule has 0 saturated heterocycles. The molecule has 3 aromatic rings. The van der Waals surface area contributed by atoms with Crippen molar-refractivity contribution < 1.29 is 4.79 Å². The Labute approximate surface area is 174 Å². The van der Waals surface area contributed by atoms with Gasteiger partial charge in [-0.05, 0) is 46.1 Å². The lowest BCUT2D eigenvalue weighted by Gasteiger charge is -2.20. The van der Waals surface area contributed by atoms with E-state index in [1.807, 2.05) is 49.4 Å². The molecule has 3 rings (SSSR count). The molecule has 0 unspecified atom stereocenters. The van der Waals surface area contributed by atoms with Gasteiger partial charge < -0.3 is 0 Å². The Balaban J connectivity index is 2.09. The van der Waals surface area contributed by atoms with Crippen molar-refractivity contribution in [1.82, 2.24) is 0 Å². The van der Waals surface area contributed by atoms with Crippen LogP contribution in [-0.2, 0) is 11.2 Å². The minimum absolute atomic E-state index is 0.0513.